The molecular formula is C45H75Cl4LiZr2. The Morgan fingerprint density at radius 3 is 0.827 bits per heavy atom. The molecule has 2 saturated carbocycles. The Morgan fingerprint density at radius 2 is 0.654 bits per heavy atom. The summed E-state index contributed by atoms with van der Waals surface area (Å²) in [6, 6.07) is 17.3. The van der Waals surface area contributed by atoms with Crippen molar-refractivity contribution in [2.75, 3.05) is 0 Å². The van der Waals surface area contributed by atoms with Gasteiger partial charge in [0.15, 0.2) is 0 Å². The van der Waals surface area contributed by atoms with E-state index in [0.717, 1.165) is 47.3 Å². The van der Waals surface area contributed by atoms with E-state index in [2.05, 4.69) is 144 Å². The second-order valence-corrected chi connectivity index (χ2v) is 21.9. The zero-order valence-electron chi connectivity index (χ0n) is 36.5. The van der Waals surface area contributed by atoms with Crippen molar-refractivity contribution in [3.05, 3.63) is 120 Å². The van der Waals surface area contributed by atoms with Crippen molar-refractivity contribution in [2.45, 2.75) is 108 Å². The van der Waals surface area contributed by atoms with E-state index in [0.29, 0.717) is 11.8 Å². The number of benzene rings is 2. The molecule has 0 aromatic heterocycles. The SMILES string of the molecule is CC1=CC(C)c2ccccc21.CC1=CC(C)c2ccccc21.CC1CC(C)C(C)C1C.CC1CC(C)C(C)C1C.[CH3-].[CH3-].[CH3-].[CH3-].[CH3-].[Cl][Zr+2][Cl].[Cl][Zr+2][Cl].[Li+]. The molecule has 2 aromatic carbocycles. The topological polar surface area (TPSA) is 0 Å². The summed E-state index contributed by atoms with van der Waals surface area (Å²) in [5.74, 6) is 8.94. The van der Waals surface area contributed by atoms with Gasteiger partial charge in [-0.15, -0.1) is 0 Å². The summed E-state index contributed by atoms with van der Waals surface area (Å²) in [4.78, 5) is 0. The summed E-state index contributed by atoms with van der Waals surface area (Å²) >= 11 is -1.65. The van der Waals surface area contributed by atoms with Crippen LogP contribution in [0.5, 0.6) is 0 Å². The molecule has 0 radical (unpaired) electrons. The van der Waals surface area contributed by atoms with E-state index in [1.54, 1.807) is 0 Å². The number of hydrogen-bond acceptors (Lipinski definition) is 0. The smallest absolute Gasteiger partial charge is 1.00 e. The van der Waals surface area contributed by atoms with Crippen molar-refractivity contribution < 1.29 is 60.6 Å². The Bertz CT molecular complexity index is 1100. The largest absolute Gasteiger partial charge is 1.00 e. The Labute approximate surface area is 376 Å². The van der Waals surface area contributed by atoms with E-state index < -0.39 is 41.7 Å². The summed E-state index contributed by atoms with van der Waals surface area (Å²) in [6.07, 6.45) is 7.54. The molecule has 292 valence electrons. The average Bonchev–Trinajstić information content (AvgIpc) is 3.64. The van der Waals surface area contributed by atoms with Crippen LogP contribution < -0.4 is 18.9 Å². The predicted octanol–water partition coefficient (Wildman–Crippen LogP) is 14.3. The Balaban J connectivity index is -0.000000125. The van der Waals surface area contributed by atoms with Crippen LogP contribution in [0.25, 0.3) is 11.1 Å². The monoisotopic (exact) mass is 942 g/mol. The van der Waals surface area contributed by atoms with Crippen molar-refractivity contribution >= 4 is 45.2 Å². The number of hydrogen-bond donors (Lipinski definition) is 0. The van der Waals surface area contributed by atoms with Crippen molar-refractivity contribution in [1.82, 2.24) is 0 Å². The molecule has 0 saturated heterocycles. The molecule has 0 N–H and O–H groups in total. The van der Waals surface area contributed by atoms with Crippen LogP contribution in [0.1, 0.15) is 130 Å². The fraction of sp³-hybridized carbons (Fsp3) is 0.533. The Hall–Kier alpha value is 1.44. The molecule has 52 heavy (non-hydrogen) atoms. The molecule has 4 aliphatic rings. The number of halogens is 4. The molecule has 0 aliphatic heterocycles. The molecule has 4 aliphatic carbocycles. The molecule has 0 amide bonds. The Kier molecular flexibility index (Phi) is 43.3. The van der Waals surface area contributed by atoms with Gasteiger partial charge in [-0.2, -0.15) is 0 Å². The van der Waals surface area contributed by atoms with Gasteiger partial charge in [-0.1, -0.05) is 130 Å². The third kappa shape index (κ3) is 20.7. The van der Waals surface area contributed by atoms with Crippen LogP contribution in [-0.2, 0) is 41.7 Å². The van der Waals surface area contributed by atoms with Crippen molar-refractivity contribution in [3.8, 4) is 0 Å². The van der Waals surface area contributed by atoms with Gasteiger partial charge in [-0.25, -0.2) is 0 Å². The van der Waals surface area contributed by atoms with Crippen LogP contribution in [0.4, 0.5) is 0 Å². The van der Waals surface area contributed by atoms with Crippen LogP contribution >= 0.6 is 34.1 Å². The van der Waals surface area contributed by atoms with Gasteiger partial charge < -0.3 is 37.1 Å². The van der Waals surface area contributed by atoms with Gasteiger partial charge in [0, 0.05) is 11.8 Å². The van der Waals surface area contributed by atoms with E-state index in [9.17, 15) is 0 Å². The zero-order chi connectivity index (χ0) is 35.1. The average molecular weight is 947 g/mol. The van der Waals surface area contributed by atoms with Crippen LogP contribution in [0.3, 0.4) is 0 Å². The van der Waals surface area contributed by atoms with Crippen molar-refractivity contribution in [3.63, 3.8) is 0 Å². The quantitative estimate of drug-likeness (QED) is 0.182. The molecule has 0 heterocycles. The van der Waals surface area contributed by atoms with Gasteiger partial charge in [0.05, 0.1) is 0 Å². The molecule has 6 rings (SSSR count). The summed E-state index contributed by atoms with van der Waals surface area (Å²) < 4.78 is 0. The third-order valence-electron chi connectivity index (χ3n) is 11.5. The standard InChI is InChI=1S/2C11H12.2C9H18.5CH3.4ClH.Li.2Zr/c2*1-8-7-9(2)11-6-4-3-5-10(8)11;2*1-6-5-7(2)9(4)8(6)3;;;;;;;;;;;;/h2*3-8H,1-2H3;2*6-9H,5H2,1-4H3;5*1H3;4*1H;;;/q;;;;5*-1;;;;;+1;2*+4/p-4. The summed E-state index contributed by atoms with van der Waals surface area (Å²) in [5, 5.41) is 0. The van der Waals surface area contributed by atoms with E-state index in [4.69, 9.17) is 34.1 Å². The maximum Gasteiger partial charge on any atom is 1.00 e. The molecule has 10 atom stereocenters. The number of fused-ring (bicyclic) bond motifs is 2. The maximum absolute atomic E-state index is 4.93. The van der Waals surface area contributed by atoms with E-state index in [-0.39, 0.29) is 56.0 Å². The van der Waals surface area contributed by atoms with Crippen LogP contribution in [0, 0.1) is 84.5 Å². The van der Waals surface area contributed by atoms with Crippen molar-refractivity contribution in [1.29, 1.82) is 0 Å². The van der Waals surface area contributed by atoms with Crippen LogP contribution in [0.2, 0.25) is 0 Å². The molecule has 0 spiro atoms. The van der Waals surface area contributed by atoms with Crippen LogP contribution in [-0.4, -0.2) is 0 Å². The second kappa shape index (κ2) is 34.5. The van der Waals surface area contributed by atoms with Gasteiger partial charge in [0.2, 0.25) is 0 Å². The minimum absolute atomic E-state index is 0. The van der Waals surface area contributed by atoms with Crippen molar-refractivity contribution in [2.24, 2.45) is 47.3 Å². The van der Waals surface area contributed by atoms with Gasteiger partial charge in [0.25, 0.3) is 0 Å². The first-order valence-corrected chi connectivity index (χ1v) is 29.8. The maximum atomic E-state index is 4.93. The molecule has 0 bridgehead atoms. The fourth-order valence-corrected chi connectivity index (χ4v) is 7.72. The normalized spacial score (nSPS) is 27.4. The first kappa shape index (κ1) is 65.3. The van der Waals surface area contributed by atoms with Gasteiger partial charge in [-0.3, -0.25) is 0 Å². The zero-order valence-corrected chi connectivity index (χ0v) is 44.4. The number of rotatable bonds is 0. The fourth-order valence-electron chi connectivity index (χ4n) is 7.72. The van der Waals surface area contributed by atoms with Crippen LogP contribution in [0.15, 0.2) is 60.7 Å². The molecule has 2 aromatic rings. The van der Waals surface area contributed by atoms with Gasteiger partial charge in [-0.05, 0) is 107 Å². The number of allylic oxidation sites excluding steroid dienone is 4. The second-order valence-electron chi connectivity index (χ2n) is 14.4. The molecule has 0 nitrogen and oxygen atoms in total. The first-order valence-electron chi connectivity index (χ1n) is 17.1. The van der Waals surface area contributed by atoms with E-state index in [1.165, 1.54) is 46.2 Å². The molecular weight excluding hydrogens is 872 g/mol. The van der Waals surface area contributed by atoms with Gasteiger partial charge in [0.1, 0.15) is 0 Å². The summed E-state index contributed by atoms with van der Waals surface area (Å²) in [5.41, 5.74) is 8.66. The van der Waals surface area contributed by atoms with E-state index in [1.807, 2.05) is 0 Å². The minimum atomic E-state index is -0.826. The predicted molar refractivity (Wildman–Crippen MR) is 235 cm³/mol. The molecule has 7 heteroatoms. The summed E-state index contributed by atoms with van der Waals surface area (Å²) in [7, 11) is 19.7. The minimum Gasteiger partial charge on any atom is 1.00 e. The third-order valence-corrected chi connectivity index (χ3v) is 11.5. The van der Waals surface area contributed by atoms with Gasteiger partial charge >= 0.3 is 94.6 Å². The first-order chi connectivity index (χ1) is 21.7. The van der Waals surface area contributed by atoms with E-state index >= 15 is 0 Å². The Morgan fingerprint density at radius 1 is 0.442 bits per heavy atom. The summed E-state index contributed by atoms with van der Waals surface area (Å²) in [6.45, 7) is 27.9. The molecule has 2 fully saturated rings. The molecule has 10 unspecified atom stereocenters.